The Kier molecular flexibility index (Phi) is 4.21. The molecule has 0 aliphatic carbocycles. The Morgan fingerprint density at radius 1 is 0.788 bits per heavy atom. The van der Waals surface area contributed by atoms with Crippen LogP contribution in [0.4, 0.5) is 0 Å². The number of fused-ring (bicyclic) bond motifs is 2. The first-order valence-corrected chi connectivity index (χ1v) is 11.2. The molecule has 0 atom stereocenters. The number of rotatable bonds is 6. The van der Waals surface area contributed by atoms with Crippen LogP contribution in [0, 0.1) is 0 Å². The van der Waals surface area contributed by atoms with E-state index >= 15 is 0 Å². The highest BCUT2D eigenvalue weighted by Crippen LogP contribution is 2.44. The molecule has 164 valence electrons. The highest BCUT2D eigenvalue weighted by Gasteiger charge is 2.33. The number of aryl methyl sites for hydroxylation is 1. The molecule has 0 fully saturated rings. The summed E-state index contributed by atoms with van der Waals surface area (Å²) in [5, 5.41) is 16.1. The number of carbonyl (C=O) groups excluding carboxylic acids is 2. The van der Waals surface area contributed by atoms with Crippen molar-refractivity contribution >= 4 is 61.0 Å². The predicted octanol–water partition coefficient (Wildman–Crippen LogP) is 5.32. The third kappa shape index (κ3) is 2.70. The van der Waals surface area contributed by atoms with Gasteiger partial charge in [0.15, 0.2) is 0 Å². The van der Waals surface area contributed by atoms with E-state index < -0.39 is 5.97 Å². The molecular weight excluding hydrogens is 416 g/mol. The number of unbranched alkanes of at least 4 members (excludes halogenated alkanes) is 2. The van der Waals surface area contributed by atoms with Gasteiger partial charge in [-0.2, -0.15) is 0 Å². The Bertz CT molecular complexity index is 1610. The average molecular weight is 438 g/mol. The van der Waals surface area contributed by atoms with Crippen LogP contribution in [0.15, 0.2) is 48.7 Å². The van der Waals surface area contributed by atoms with Gasteiger partial charge in [-0.3, -0.25) is 19.3 Å². The number of hydrogen-bond donors (Lipinski definition) is 1. The van der Waals surface area contributed by atoms with E-state index in [1.807, 2.05) is 37.4 Å². The summed E-state index contributed by atoms with van der Waals surface area (Å²) in [6.45, 7) is 0.295. The molecule has 6 heteroatoms. The van der Waals surface area contributed by atoms with Crippen molar-refractivity contribution in [2.45, 2.75) is 25.7 Å². The predicted molar refractivity (Wildman–Crippen MR) is 128 cm³/mol. The monoisotopic (exact) mass is 438 g/mol. The van der Waals surface area contributed by atoms with Gasteiger partial charge in [-0.25, -0.2) is 0 Å². The highest BCUT2D eigenvalue weighted by atomic mass is 16.4. The van der Waals surface area contributed by atoms with Gasteiger partial charge >= 0.3 is 5.97 Å². The van der Waals surface area contributed by atoms with Gasteiger partial charge in [0.25, 0.3) is 11.8 Å². The fourth-order valence-corrected chi connectivity index (χ4v) is 5.48. The Morgan fingerprint density at radius 3 is 2.15 bits per heavy atom. The van der Waals surface area contributed by atoms with Crippen LogP contribution < -0.4 is 0 Å². The molecule has 1 N–H and O–H groups in total. The lowest BCUT2D eigenvalue weighted by molar-refractivity contribution is -0.137. The van der Waals surface area contributed by atoms with Gasteiger partial charge in [-0.05, 0) is 52.6 Å². The zero-order chi connectivity index (χ0) is 22.9. The summed E-state index contributed by atoms with van der Waals surface area (Å²) >= 11 is 0. The molecule has 2 heterocycles. The van der Waals surface area contributed by atoms with E-state index in [4.69, 9.17) is 5.11 Å². The van der Waals surface area contributed by atoms with Crippen molar-refractivity contribution in [3.05, 3.63) is 59.8 Å². The van der Waals surface area contributed by atoms with E-state index in [9.17, 15) is 14.4 Å². The molecule has 1 aliphatic heterocycles. The number of imide groups is 1. The first-order valence-electron chi connectivity index (χ1n) is 11.2. The lowest BCUT2D eigenvalue weighted by atomic mass is 9.86. The molecule has 33 heavy (non-hydrogen) atoms. The average Bonchev–Trinajstić information content (AvgIpc) is 3.15. The fourth-order valence-electron chi connectivity index (χ4n) is 5.48. The maximum Gasteiger partial charge on any atom is 0.303 e. The molecule has 0 bridgehead atoms. The number of nitrogens with zero attached hydrogens (tertiary/aromatic N) is 2. The standard InChI is InChI=1S/C27H22N2O4/c1-28-14-20-17-10-12-19-25-18(26(32)29(27(19)33)13-4-2-3-8-22(30)31)11-9-16(24(17)25)15-6-5-7-21(28)23(15)20/h5-7,9-12,14H,2-4,8,13H2,1H3,(H,30,31). The van der Waals surface area contributed by atoms with Gasteiger partial charge in [0, 0.05) is 59.0 Å². The topological polar surface area (TPSA) is 79.6 Å². The number of carboxylic acids is 1. The minimum absolute atomic E-state index is 0.101. The largest absolute Gasteiger partial charge is 0.481 e. The zero-order valence-corrected chi connectivity index (χ0v) is 18.2. The summed E-state index contributed by atoms with van der Waals surface area (Å²) in [7, 11) is 2.03. The van der Waals surface area contributed by atoms with Crippen molar-refractivity contribution in [2.75, 3.05) is 6.54 Å². The minimum Gasteiger partial charge on any atom is -0.481 e. The molecule has 1 aliphatic rings. The molecule has 5 aromatic rings. The van der Waals surface area contributed by atoms with Crippen LogP contribution in [0.1, 0.15) is 46.4 Å². The second-order valence-corrected chi connectivity index (χ2v) is 8.89. The van der Waals surface area contributed by atoms with E-state index in [1.165, 1.54) is 10.3 Å². The van der Waals surface area contributed by atoms with Crippen molar-refractivity contribution < 1.29 is 19.5 Å². The first kappa shape index (κ1) is 19.7. The van der Waals surface area contributed by atoms with Crippen molar-refractivity contribution in [1.29, 1.82) is 0 Å². The number of benzene rings is 4. The van der Waals surface area contributed by atoms with Crippen LogP contribution in [0.3, 0.4) is 0 Å². The van der Waals surface area contributed by atoms with Crippen LogP contribution in [0.25, 0.3) is 43.2 Å². The van der Waals surface area contributed by atoms with E-state index in [2.05, 4.69) is 22.9 Å². The number of carboxylic acid groups (broad SMARTS) is 1. The quantitative estimate of drug-likeness (QED) is 0.168. The second kappa shape index (κ2) is 7.04. The normalized spacial score (nSPS) is 13.9. The highest BCUT2D eigenvalue weighted by molar-refractivity contribution is 6.38. The lowest BCUT2D eigenvalue weighted by Crippen LogP contribution is -2.40. The smallest absolute Gasteiger partial charge is 0.303 e. The molecule has 2 amide bonds. The molecular formula is C27H22N2O4. The van der Waals surface area contributed by atoms with E-state index in [0.717, 1.165) is 37.8 Å². The van der Waals surface area contributed by atoms with Gasteiger partial charge in [-0.1, -0.05) is 30.7 Å². The molecule has 1 aromatic heterocycles. The minimum atomic E-state index is -0.828. The van der Waals surface area contributed by atoms with Crippen LogP contribution in [-0.2, 0) is 11.8 Å². The molecule has 0 saturated carbocycles. The molecule has 0 saturated heterocycles. The first-order chi connectivity index (χ1) is 16.0. The number of aromatic nitrogens is 1. The Morgan fingerprint density at radius 2 is 1.45 bits per heavy atom. The summed E-state index contributed by atoms with van der Waals surface area (Å²) in [4.78, 5) is 38.8. The van der Waals surface area contributed by atoms with Crippen LogP contribution in [-0.4, -0.2) is 38.9 Å². The Balaban J connectivity index is 1.51. The number of carbonyl (C=O) groups is 3. The van der Waals surface area contributed by atoms with Crippen LogP contribution >= 0.6 is 0 Å². The number of amides is 2. The maximum absolute atomic E-state index is 13.4. The zero-order valence-electron chi connectivity index (χ0n) is 18.2. The third-order valence-corrected chi connectivity index (χ3v) is 6.98. The van der Waals surface area contributed by atoms with Crippen LogP contribution in [0.2, 0.25) is 0 Å². The van der Waals surface area contributed by atoms with Crippen LogP contribution in [0.5, 0.6) is 0 Å². The van der Waals surface area contributed by atoms with E-state index in [-0.39, 0.29) is 18.2 Å². The molecule has 0 radical (unpaired) electrons. The Hall–Kier alpha value is -3.93. The SMILES string of the molecule is Cn1cc2c3ccc4c5c(ccc(c6cccc1c62)c53)C(=O)N(CCCCCC(=O)O)C4=O. The summed E-state index contributed by atoms with van der Waals surface area (Å²) < 4.78 is 2.12. The van der Waals surface area contributed by atoms with E-state index in [1.54, 1.807) is 0 Å². The van der Waals surface area contributed by atoms with Gasteiger partial charge in [0.2, 0.25) is 0 Å². The summed E-state index contributed by atoms with van der Waals surface area (Å²) in [5.74, 6) is -1.37. The van der Waals surface area contributed by atoms with Gasteiger partial charge < -0.3 is 9.67 Å². The molecule has 0 unspecified atom stereocenters. The van der Waals surface area contributed by atoms with Crippen molar-refractivity contribution in [3.63, 3.8) is 0 Å². The number of aliphatic carboxylic acids is 1. The van der Waals surface area contributed by atoms with Crippen molar-refractivity contribution in [2.24, 2.45) is 7.05 Å². The fraction of sp³-hybridized carbons (Fsp3) is 0.222. The summed E-state index contributed by atoms with van der Waals surface area (Å²) in [6.07, 6.45) is 4.01. The lowest BCUT2D eigenvalue weighted by Gasteiger charge is -2.28. The van der Waals surface area contributed by atoms with Gasteiger partial charge in [0.1, 0.15) is 0 Å². The Labute approximate surface area is 189 Å². The van der Waals surface area contributed by atoms with Gasteiger partial charge in [-0.15, -0.1) is 0 Å². The van der Waals surface area contributed by atoms with Gasteiger partial charge in [0.05, 0.1) is 0 Å². The summed E-state index contributed by atoms with van der Waals surface area (Å²) in [5.41, 5.74) is 2.27. The molecule has 4 aromatic carbocycles. The van der Waals surface area contributed by atoms with E-state index in [0.29, 0.717) is 36.9 Å². The molecule has 6 rings (SSSR count). The number of hydrogen-bond acceptors (Lipinski definition) is 3. The maximum atomic E-state index is 13.4. The second-order valence-electron chi connectivity index (χ2n) is 8.89. The van der Waals surface area contributed by atoms with Crippen molar-refractivity contribution in [3.8, 4) is 0 Å². The molecule has 6 nitrogen and oxygen atoms in total. The summed E-state index contributed by atoms with van der Waals surface area (Å²) in [6, 6.07) is 14.0. The molecule has 0 spiro atoms. The van der Waals surface area contributed by atoms with Crippen molar-refractivity contribution in [1.82, 2.24) is 9.47 Å². The third-order valence-electron chi connectivity index (χ3n) is 6.98.